The zero-order valence-electron chi connectivity index (χ0n) is 12.6. The van der Waals surface area contributed by atoms with Crippen molar-refractivity contribution in [1.29, 1.82) is 0 Å². The van der Waals surface area contributed by atoms with Crippen LogP contribution in [0, 0.1) is 0 Å². The Balaban J connectivity index is 1.91. The van der Waals surface area contributed by atoms with Crippen LogP contribution in [-0.2, 0) is 11.3 Å². The lowest BCUT2D eigenvalue weighted by Gasteiger charge is -2.11. The van der Waals surface area contributed by atoms with E-state index >= 15 is 0 Å². The summed E-state index contributed by atoms with van der Waals surface area (Å²) in [5, 5.41) is 8.62. The topological polar surface area (TPSA) is 63.0 Å². The molecule has 21 heavy (non-hydrogen) atoms. The number of fused-ring (bicyclic) bond motifs is 1. The second-order valence-corrected chi connectivity index (χ2v) is 5.56. The van der Waals surface area contributed by atoms with Gasteiger partial charge in [-0.05, 0) is 6.42 Å². The maximum atomic E-state index is 5.05. The Morgan fingerprint density at radius 1 is 1.43 bits per heavy atom. The molecule has 0 aliphatic heterocycles. The molecule has 2 heterocycles. The summed E-state index contributed by atoms with van der Waals surface area (Å²) in [6, 6.07) is 0. The van der Waals surface area contributed by atoms with Gasteiger partial charge in [-0.2, -0.15) is 0 Å². The number of rotatable bonds is 8. The fraction of sp³-hybridized carbons (Fsp3) is 0.571. The van der Waals surface area contributed by atoms with Crippen molar-refractivity contribution in [3.05, 3.63) is 23.5 Å². The molecule has 0 saturated heterocycles. The molecule has 0 bridgehead atoms. The molecule has 2 N–H and O–H groups in total. The maximum Gasteiger partial charge on any atom is 0.193 e. The van der Waals surface area contributed by atoms with Crippen LogP contribution in [0.2, 0.25) is 0 Å². The normalized spacial score (nSPS) is 12.0. The van der Waals surface area contributed by atoms with E-state index < -0.39 is 0 Å². The number of imidazole rings is 1. The molecule has 2 aromatic rings. The minimum atomic E-state index is 0.572. The monoisotopic (exact) mass is 309 g/mol. The van der Waals surface area contributed by atoms with Crippen LogP contribution in [0.4, 0.5) is 0 Å². The first-order valence-corrected chi connectivity index (χ1v) is 8.13. The third-order valence-corrected chi connectivity index (χ3v) is 3.73. The molecule has 0 atom stereocenters. The molecule has 0 aliphatic carbocycles. The second kappa shape index (κ2) is 8.63. The standard InChI is InChI=1S/C14H23N5OS/c1-3-4-5-15-13(16-6-8-20-2)17-10-12-11-19-7-9-21-14(19)18-12/h7,9,11H,3-6,8,10H2,1-2H3,(H2,15,16,17). The summed E-state index contributed by atoms with van der Waals surface area (Å²) < 4.78 is 7.08. The van der Waals surface area contributed by atoms with E-state index in [0.29, 0.717) is 13.2 Å². The Bertz CT molecular complexity index is 522. The smallest absolute Gasteiger partial charge is 0.193 e. The molecule has 7 heteroatoms. The number of nitrogens with one attached hydrogen (secondary N) is 2. The summed E-state index contributed by atoms with van der Waals surface area (Å²) >= 11 is 1.63. The van der Waals surface area contributed by atoms with Crippen molar-refractivity contribution in [1.82, 2.24) is 20.0 Å². The number of aromatic nitrogens is 2. The number of hydrogen-bond acceptors (Lipinski definition) is 4. The lowest BCUT2D eigenvalue weighted by Crippen LogP contribution is -2.39. The number of guanidine groups is 1. The van der Waals surface area contributed by atoms with Crippen molar-refractivity contribution in [3.8, 4) is 0 Å². The molecule has 0 aromatic carbocycles. The van der Waals surface area contributed by atoms with Gasteiger partial charge >= 0.3 is 0 Å². The summed E-state index contributed by atoms with van der Waals surface area (Å²) in [7, 11) is 1.70. The van der Waals surface area contributed by atoms with Crippen molar-refractivity contribution in [2.45, 2.75) is 26.3 Å². The van der Waals surface area contributed by atoms with Crippen LogP contribution in [0.15, 0.2) is 22.8 Å². The molecule has 0 unspecified atom stereocenters. The Kier molecular flexibility index (Phi) is 6.49. The molecule has 0 radical (unpaired) electrons. The predicted octanol–water partition coefficient (Wildman–Crippen LogP) is 1.88. The van der Waals surface area contributed by atoms with Gasteiger partial charge in [-0.15, -0.1) is 11.3 Å². The predicted molar refractivity (Wildman–Crippen MR) is 87.0 cm³/mol. The van der Waals surface area contributed by atoms with Crippen LogP contribution in [0.3, 0.4) is 0 Å². The van der Waals surface area contributed by atoms with Gasteiger partial charge in [0.05, 0.1) is 18.8 Å². The second-order valence-electron chi connectivity index (χ2n) is 4.69. The number of thiazole rings is 1. The van der Waals surface area contributed by atoms with Gasteiger partial charge in [0.15, 0.2) is 10.9 Å². The summed E-state index contributed by atoms with van der Waals surface area (Å²) in [6.07, 6.45) is 6.33. The van der Waals surface area contributed by atoms with Gasteiger partial charge in [0.1, 0.15) is 0 Å². The van der Waals surface area contributed by atoms with Crippen molar-refractivity contribution < 1.29 is 4.74 Å². The highest BCUT2D eigenvalue weighted by Gasteiger charge is 2.03. The minimum Gasteiger partial charge on any atom is -0.383 e. The van der Waals surface area contributed by atoms with Crippen LogP contribution in [0.5, 0.6) is 0 Å². The molecule has 0 spiro atoms. The molecule has 116 valence electrons. The number of hydrogen-bond donors (Lipinski definition) is 2. The number of unbranched alkanes of at least 4 members (excludes halogenated alkanes) is 1. The van der Waals surface area contributed by atoms with Gasteiger partial charge in [0.25, 0.3) is 0 Å². The first-order chi connectivity index (χ1) is 10.3. The average molecular weight is 309 g/mol. The maximum absolute atomic E-state index is 5.05. The van der Waals surface area contributed by atoms with E-state index in [0.717, 1.165) is 42.5 Å². The highest BCUT2D eigenvalue weighted by molar-refractivity contribution is 7.15. The average Bonchev–Trinajstić information content (AvgIpc) is 3.05. The molecule has 0 aliphatic rings. The molecule has 6 nitrogen and oxygen atoms in total. The minimum absolute atomic E-state index is 0.572. The van der Waals surface area contributed by atoms with Crippen molar-refractivity contribution >= 4 is 22.3 Å². The van der Waals surface area contributed by atoms with Crippen LogP contribution >= 0.6 is 11.3 Å². The van der Waals surface area contributed by atoms with E-state index in [1.165, 1.54) is 0 Å². The van der Waals surface area contributed by atoms with Crippen molar-refractivity contribution in [3.63, 3.8) is 0 Å². The molecular formula is C14H23N5OS. The Hall–Kier alpha value is -1.60. The highest BCUT2D eigenvalue weighted by atomic mass is 32.1. The van der Waals surface area contributed by atoms with Gasteiger partial charge in [-0.3, -0.25) is 4.40 Å². The van der Waals surface area contributed by atoms with Gasteiger partial charge in [-0.25, -0.2) is 9.98 Å². The molecule has 0 fully saturated rings. The van der Waals surface area contributed by atoms with Gasteiger partial charge in [0.2, 0.25) is 0 Å². The van der Waals surface area contributed by atoms with Crippen molar-refractivity contribution in [2.24, 2.45) is 4.99 Å². The van der Waals surface area contributed by atoms with Gasteiger partial charge in [-0.1, -0.05) is 13.3 Å². The molecule has 2 aromatic heterocycles. The third-order valence-electron chi connectivity index (χ3n) is 2.96. The lowest BCUT2D eigenvalue weighted by atomic mass is 10.3. The van der Waals surface area contributed by atoms with E-state index in [2.05, 4.69) is 27.5 Å². The number of nitrogens with zero attached hydrogens (tertiary/aromatic N) is 3. The Labute approximate surface area is 129 Å². The number of ether oxygens (including phenoxy) is 1. The van der Waals surface area contributed by atoms with Crippen LogP contribution in [-0.4, -0.2) is 42.2 Å². The van der Waals surface area contributed by atoms with Crippen LogP contribution < -0.4 is 10.6 Å². The van der Waals surface area contributed by atoms with Gasteiger partial charge < -0.3 is 15.4 Å². The highest BCUT2D eigenvalue weighted by Crippen LogP contribution is 2.11. The lowest BCUT2D eigenvalue weighted by molar-refractivity contribution is 0.203. The molecule has 0 saturated carbocycles. The molecule has 2 rings (SSSR count). The van der Waals surface area contributed by atoms with Crippen molar-refractivity contribution in [2.75, 3.05) is 26.8 Å². The van der Waals surface area contributed by atoms with E-state index in [4.69, 9.17) is 4.74 Å². The Morgan fingerprint density at radius 3 is 3.05 bits per heavy atom. The quantitative estimate of drug-likeness (QED) is 0.444. The molecular weight excluding hydrogens is 286 g/mol. The first-order valence-electron chi connectivity index (χ1n) is 7.25. The van der Waals surface area contributed by atoms with E-state index in [9.17, 15) is 0 Å². The van der Waals surface area contributed by atoms with Gasteiger partial charge in [0, 0.05) is 38.0 Å². The summed E-state index contributed by atoms with van der Waals surface area (Å²) in [4.78, 5) is 10.1. The summed E-state index contributed by atoms with van der Waals surface area (Å²) in [5.74, 6) is 0.817. The van der Waals surface area contributed by atoms with E-state index in [1.54, 1.807) is 18.4 Å². The fourth-order valence-electron chi connectivity index (χ4n) is 1.84. The largest absolute Gasteiger partial charge is 0.383 e. The summed E-state index contributed by atoms with van der Waals surface area (Å²) in [5.41, 5.74) is 0.977. The Morgan fingerprint density at radius 2 is 2.29 bits per heavy atom. The van der Waals surface area contributed by atoms with E-state index in [-0.39, 0.29) is 0 Å². The summed E-state index contributed by atoms with van der Waals surface area (Å²) in [6.45, 7) is 5.08. The van der Waals surface area contributed by atoms with E-state index in [1.807, 2.05) is 22.2 Å². The SMILES string of the molecule is CCCCNC(=NCc1cn2ccsc2n1)NCCOC. The molecule has 0 amide bonds. The first kappa shape index (κ1) is 15.8. The van der Waals surface area contributed by atoms with Crippen LogP contribution in [0.25, 0.3) is 4.96 Å². The van der Waals surface area contributed by atoms with Crippen LogP contribution in [0.1, 0.15) is 25.5 Å². The zero-order chi connectivity index (χ0) is 14.9. The number of methoxy groups -OCH3 is 1. The zero-order valence-corrected chi connectivity index (χ0v) is 13.4. The fourth-order valence-corrected chi connectivity index (χ4v) is 2.56. The third kappa shape index (κ3) is 5.02. The number of aliphatic imine (C=N–C) groups is 1.